The summed E-state index contributed by atoms with van der Waals surface area (Å²) in [4.78, 5) is 18.3. The smallest absolute Gasteiger partial charge is 0.303 e. The number of unbranched alkanes of at least 4 members (excludes halogenated alkanes) is 1. The summed E-state index contributed by atoms with van der Waals surface area (Å²) >= 11 is 0. The third-order valence-electron chi connectivity index (χ3n) is 7.63. The van der Waals surface area contributed by atoms with Gasteiger partial charge in [0.2, 0.25) is 0 Å². The van der Waals surface area contributed by atoms with E-state index in [1.807, 2.05) is 31.3 Å². The number of benzene rings is 1. The molecule has 0 aliphatic carbocycles. The van der Waals surface area contributed by atoms with Gasteiger partial charge in [0.1, 0.15) is 11.9 Å². The van der Waals surface area contributed by atoms with Crippen LogP contribution in [0.2, 0.25) is 0 Å². The van der Waals surface area contributed by atoms with Crippen molar-refractivity contribution < 1.29 is 19.0 Å². The van der Waals surface area contributed by atoms with Crippen LogP contribution >= 0.6 is 0 Å². The van der Waals surface area contributed by atoms with Crippen LogP contribution in [-0.2, 0) is 11.2 Å². The molecule has 4 rings (SSSR count). The Bertz CT molecular complexity index is 1150. The van der Waals surface area contributed by atoms with Gasteiger partial charge in [-0.2, -0.15) is 5.10 Å². The van der Waals surface area contributed by atoms with E-state index in [0.29, 0.717) is 24.2 Å². The molecule has 1 fully saturated rings. The zero-order valence-electron chi connectivity index (χ0n) is 21.3. The first-order valence-electron chi connectivity index (χ1n) is 12.9. The topological polar surface area (TPSA) is 91.3 Å². The van der Waals surface area contributed by atoms with E-state index >= 15 is 4.39 Å². The second-order valence-corrected chi connectivity index (χ2v) is 10.0. The Morgan fingerprint density at radius 3 is 2.92 bits per heavy atom. The quantitative estimate of drug-likeness (QED) is 0.322. The van der Waals surface area contributed by atoms with Crippen molar-refractivity contribution in [2.24, 2.45) is 11.8 Å². The van der Waals surface area contributed by atoms with Crippen LogP contribution in [0, 0.1) is 18.8 Å². The minimum atomic E-state index is -1.13. The number of hydrogen-bond donors (Lipinski definition) is 2. The predicted molar refractivity (Wildman–Crippen MR) is 138 cm³/mol. The molecule has 0 radical (unpaired) electrons. The molecule has 1 aromatic carbocycles. The Labute approximate surface area is 212 Å². The zero-order valence-corrected chi connectivity index (χ0v) is 21.3. The molecule has 0 saturated carbocycles. The summed E-state index contributed by atoms with van der Waals surface area (Å²) in [6.45, 7) is 4.72. The first-order chi connectivity index (χ1) is 17.4. The van der Waals surface area contributed by atoms with Gasteiger partial charge in [0, 0.05) is 30.2 Å². The first-order valence-corrected chi connectivity index (χ1v) is 12.9. The Morgan fingerprint density at radius 1 is 1.31 bits per heavy atom. The normalized spacial score (nSPS) is 19.4. The van der Waals surface area contributed by atoms with E-state index in [1.54, 1.807) is 19.4 Å². The van der Waals surface area contributed by atoms with Gasteiger partial charge in [-0.1, -0.05) is 0 Å². The number of carbonyl (C=O) groups is 1. The number of hydrogen-bond acceptors (Lipinski definition) is 5. The number of carboxylic acids is 1. The van der Waals surface area contributed by atoms with Crippen LogP contribution in [0.15, 0.2) is 36.7 Å². The van der Waals surface area contributed by atoms with Gasteiger partial charge in [-0.05, 0) is 106 Å². The maximum absolute atomic E-state index is 15.5. The molecule has 1 aliphatic heterocycles. The number of aryl methyl sites for hydroxylation is 2. The van der Waals surface area contributed by atoms with Gasteiger partial charge in [0.05, 0.1) is 18.8 Å². The lowest BCUT2D eigenvalue weighted by atomic mass is 9.79. The monoisotopic (exact) mass is 496 g/mol. The highest BCUT2D eigenvalue weighted by atomic mass is 19.1. The van der Waals surface area contributed by atoms with Gasteiger partial charge in [0.15, 0.2) is 0 Å². The number of methoxy groups -OCH3 is 1. The maximum Gasteiger partial charge on any atom is 0.303 e. The van der Waals surface area contributed by atoms with E-state index < -0.39 is 12.1 Å². The molecule has 8 heteroatoms. The fraction of sp³-hybridized carbons (Fsp3) is 0.536. The summed E-state index contributed by atoms with van der Waals surface area (Å²) in [5.74, 6) is 0.171. The average molecular weight is 497 g/mol. The molecule has 1 unspecified atom stereocenters. The number of pyridine rings is 1. The van der Waals surface area contributed by atoms with Crippen molar-refractivity contribution in [1.29, 1.82) is 0 Å². The summed E-state index contributed by atoms with van der Waals surface area (Å²) in [5.41, 5.74) is 3.76. The molecular formula is C28H37FN4O3. The number of H-pyrrole nitrogens is 1. The molecule has 2 N–H and O–H groups in total. The molecule has 3 heterocycles. The summed E-state index contributed by atoms with van der Waals surface area (Å²) in [7, 11) is 1.60. The van der Waals surface area contributed by atoms with Gasteiger partial charge >= 0.3 is 5.97 Å². The number of piperidine rings is 1. The van der Waals surface area contributed by atoms with Crippen molar-refractivity contribution in [3.63, 3.8) is 0 Å². The minimum absolute atomic E-state index is 0.0499. The average Bonchev–Trinajstić information content (AvgIpc) is 3.29. The number of carboxylic acid groups (broad SMARTS) is 1. The van der Waals surface area contributed by atoms with Crippen LogP contribution in [0.25, 0.3) is 10.9 Å². The fourth-order valence-corrected chi connectivity index (χ4v) is 5.54. The summed E-state index contributed by atoms with van der Waals surface area (Å²) in [6.07, 6.45) is 7.68. The first kappa shape index (κ1) is 26.1. The molecule has 0 amide bonds. The molecule has 36 heavy (non-hydrogen) atoms. The summed E-state index contributed by atoms with van der Waals surface area (Å²) < 4.78 is 20.8. The molecule has 7 nitrogen and oxygen atoms in total. The lowest BCUT2D eigenvalue weighted by Crippen LogP contribution is -2.41. The predicted octanol–water partition coefficient (Wildman–Crippen LogP) is 5.50. The molecule has 1 saturated heterocycles. The van der Waals surface area contributed by atoms with Crippen molar-refractivity contribution in [2.45, 2.75) is 58.0 Å². The molecular weight excluding hydrogens is 459 g/mol. The van der Waals surface area contributed by atoms with Crippen molar-refractivity contribution in [1.82, 2.24) is 20.1 Å². The molecule has 0 bridgehead atoms. The van der Waals surface area contributed by atoms with Crippen LogP contribution in [0.4, 0.5) is 4.39 Å². The van der Waals surface area contributed by atoms with Crippen molar-refractivity contribution >= 4 is 16.9 Å². The van der Waals surface area contributed by atoms with Gasteiger partial charge in [-0.15, -0.1) is 0 Å². The zero-order chi connectivity index (χ0) is 25.5. The number of halogens is 1. The van der Waals surface area contributed by atoms with Crippen LogP contribution in [0.1, 0.15) is 61.5 Å². The number of rotatable bonds is 12. The summed E-state index contributed by atoms with van der Waals surface area (Å²) in [6, 6.07) is 7.26. The van der Waals surface area contributed by atoms with Gasteiger partial charge in [-0.25, -0.2) is 4.39 Å². The molecule has 194 valence electrons. The van der Waals surface area contributed by atoms with E-state index in [0.717, 1.165) is 61.9 Å². The number of nitrogens with one attached hydrogen (secondary N) is 1. The molecule has 2 aromatic heterocycles. The number of aliphatic carboxylic acids is 1. The number of ether oxygens (including phenoxy) is 1. The van der Waals surface area contributed by atoms with Crippen molar-refractivity contribution in [3.05, 3.63) is 53.5 Å². The van der Waals surface area contributed by atoms with E-state index in [2.05, 4.69) is 20.1 Å². The Morgan fingerprint density at radius 2 is 2.17 bits per heavy atom. The van der Waals surface area contributed by atoms with Crippen LogP contribution < -0.4 is 4.74 Å². The van der Waals surface area contributed by atoms with E-state index in [-0.39, 0.29) is 18.3 Å². The largest absolute Gasteiger partial charge is 0.497 e. The molecule has 1 aliphatic rings. The molecule has 3 aromatic rings. The second kappa shape index (κ2) is 12.3. The molecule has 0 spiro atoms. The van der Waals surface area contributed by atoms with E-state index in [4.69, 9.17) is 4.74 Å². The number of aromatic amines is 1. The maximum atomic E-state index is 15.5. The third kappa shape index (κ3) is 6.60. The number of fused-ring (bicyclic) bond motifs is 1. The van der Waals surface area contributed by atoms with Crippen LogP contribution in [0.3, 0.4) is 0 Å². The standard InChI is InChI=1S/C28H37FN4O3/c1-19-21(17-31-32-19)5-3-4-13-33-14-11-20(22(18-33)15-28(34)35)6-8-26(29)24-10-12-30-27-9-7-23(36-2)16-25(24)27/h7,9-10,12,16-17,20,22,26H,3-6,8,11,13-15,18H2,1-2H3,(H,31,32)(H,34,35)/t20-,22+,26?/m1/s1. The lowest BCUT2D eigenvalue weighted by molar-refractivity contribution is -0.139. The highest BCUT2D eigenvalue weighted by molar-refractivity contribution is 5.83. The Hall–Kier alpha value is -3.00. The number of alkyl halides is 1. The number of likely N-dealkylation sites (tertiary alicyclic amines) is 1. The SMILES string of the molecule is COc1ccc2nccc(C(F)CC[C@@H]3CCN(CCCCc4cn[nH]c4C)C[C@@H]3CC(=O)O)c2c1. The van der Waals surface area contributed by atoms with Crippen LogP contribution in [-0.4, -0.2) is 57.9 Å². The van der Waals surface area contributed by atoms with E-state index in [1.165, 1.54) is 5.56 Å². The fourth-order valence-electron chi connectivity index (χ4n) is 5.54. The number of nitrogens with zero attached hydrogens (tertiary/aromatic N) is 3. The number of aromatic nitrogens is 3. The van der Waals surface area contributed by atoms with E-state index in [9.17, 15) is 9.90 Å². The second-order valence-electron chi connectivity index (χ2n) is 10.0. The van der Waals surface area contributed by atoms with Gasteiger partial charge in [0.25, 0.3) is 0 Å². The molecule has 3 atom stereocenters. The highest BCUT2D eigenvalue weighted by Crippen LogP contribution is 2.36. The summed E-state index contributed by atoms with van der Waals surface area (Å²) in [5, 5.41) is 17.4. The van der Waals surface area contributed by atoms with Gasteiger partial charge in [-0.3, -0.25) is 14.9 Å². The van der Waals surface area contributed by atoms with Crippen molar-refractivity contribution in [2.75, 3.05) is 26.7 Å². The Balaban J connectivity index is 1.32. The van der Waals surface area contributed by atoms with Gasteiger partial charge < -0.3 is 14.7 Å². The third-order valence-corrected chi connectivity index (χ3v) is 7.63. The van der Waals surface area contributed by atoms with Crippen molar-refractivity contribution in [3.8, 4) is 5.75 Å². The van der Waals surface area contributed by atoms with Crippen LogP contribution in [0.5, 0.6) is 5.75 Å². The Kier molecular flexibility index (Phi) is 8.91. The minimum Gasteiger partial charge on any atom is -0.497 e. The highest BCUT2D eigenvalue weighted by Gasteiger charge is 2.31. The lowest BCUT2D eigenvalue weighted by Gasteiger charge is -2.38.